The lowest BCUT2D eigenvalue weighted by Gasteiger charge is -1.98. The SMILES string of the molecule is Cc1ccc2ccccc2c1[P+](=O)O. The van der Waals surface area contributed by atoms with E-state index in [2.05, 4.69) is 0 Å². The van der Waals surface area contributed by atoms with Gasteiger partial charge in [0.05, 0.1) is 0 Å². The van der Waals surface area contributed by atoms with Crippen molar-refractivity contribution in [3.63, 3.8) is 0 Å². The molecule has 1 unspecified atom stereocenters. The highest BCUT2D eigenvalue weighted by atomic mass is 31.1. The van der Waals surface area contributed by atoms with Crippen molar-refractivity contribution in [2.45, 2.75) is 6.92 Å². The number of fused-ring (bicyclic) bond motifs is 1. The van der Waals surface area contributed by atoms with Gasteiger partial charge in [0.25, 0.3) is 0 Å². The molecular formula is C11H10O2P+. The Labute approximate surface area is 83.1 Å². The van der Waals surface area contributed by atoms with Crippen molar-refractivity contribution >= 4 is 24.1 Å². The largest absolute Gasteiger partial charge is 0.547 e. The lowest BCUT2D eigenvalue weighted by atomic mass is 10.1. The van der Waals surface area contributed by atoms with Crippen LogP contribution in [-0.4, -0.2) is 4.89 Å². The summed E-state index contributed by atoms with van der Waals surface area (Å²) in [6, 6.07) is 11.5. The first kappa shape index (κ1) is 9.32. The highest BCUT2D eigenvalue weighted by Gasteiger charge is 2.22. The Morgan fingerprint density at radius 3 is 2.57 bits per heavy atom. The first-order valence-corrected chi connectivity index (χ1v) is 5.56. The molecule has 0 saturated heterocycles. The second-order valence-electron chi connectivity index (χ2n) is 3.23. The smallest absolute Gasteiger partial charge is 0.156 e. The Bertz CT molecular complexity index is 506. The molecule has 1 atom stereocenters. The molecular weight excluding hydrogens is 195 g/mol. The van der Waals surface area contributed by atoms with E-state index in [9.17, 15) is 9.46 Å². The van der Waals surface area contributed by atoms with Gasteiger partial charge in [-0.2, -0.15) is 4.89 Å². The Balaban J connectivity index is 2.90. The third-order valence-corrected chi connectivity index (χ3v) is 3.27. The van der Waals surface area contributed by atoms with E-state index in [1.54, 1.807) is 0 Å². The van der Waals surface area contributed by atoms with Crippen LogP contribution in [0.25, 0.3) is 10.8 Å². The summed E-state index contributed by atoms with van der Waals surface area (Å²) in [6.45, 7) is 1.85. The summed E-state index contributed by atoms with van der Waals surface area (Å²) in [5.74, 6) is 0. The van der Waals surface area contributed by atoms with E-state index >= 15 is 0 Å². The zero-order valence-electron chi connectivity index (χ0n) is 7.77. The van der Waals surface area contributed by atoms with Crippen LogP contribution in [0, 0.1) is 6.92 Å². The van der Waals surface area contributed by atoms with Crippen LogP contribution in [0.2, 0.25) is 0 Å². The average molecular weight is 205 g/mol. The molecule has 0 saturated carbocycles. The Morgan fingerprint density at radius 2 is 1.86 bits per heavy atom. The minimum atomic E-state index is -2.27. The van der Waals surface area contributed by atoms with Crippen LogP contribution >= 0.6 is 8.03 Å². The van der Waals surface area contributed by atoms with Gasteiger partial charge in [-0.1, -0.05) is 30.3 Å². The number of aryl methyl sites for hydroxylation is 1. The number of hydrogen-bond acceptors (Lipinski definition) is 1. The summed E-state index contributed by atoms with van der Waals surface area (Å²) in [5, 5.41) is 2.43. The van der Waals surface area contributed by atoms with E-state index in [0.717, 1.165) is 16.3 Å². The maximum absolute atomic E-state index is 11.2. The summed E-state index contributed by atoms with van der Waals surface area (Å²) >= 11 is 0. The molecule has 2 nitrogen and oxygen atoms in total. The predicted octanol–water partition coefficient (Wildman–Crippen LogP) is 2.51. The van der Waals surface area contributed by atoms with Gasteiger partial charge < -0.3 is 0 Å². The van der Waals surface area contributed by atoms with Crippen molar-refractivity contribution in [3.8, 4) is 0 Å². The fourth-order valence-electron chi connectivity index (χ4n) is 1.62. The van der Waals surface area contributed by atoms with E-state index in [1.165, 1.54) is 0 Å². The predicted molar refractivity (Wildman–Crippen MR) is 58.1 cm³/mol. The van der Waals surface area contributed by atoms with Crippen LogP contribution < -0.4 is 5.30 Å². The molecule has 0 spiro atoms. The maximum atomic E-state index is 11.2. The third kappa shape index (κ3) is 1.43. The lowest BCUT2D eigenvalue weighted by Crippen LogP contribution is -2.02. The van der Waals surface area contributed by atoms with Gasteiger partial charge in [0.1, 0.15) is 0 Å². The lowest BCUT2D eigenvalue weighted by molar-refractivity contribution is 0.513. The fourth-order valence-corrected chi connectivity index (χ4v) is 2.40. The van der Waals surface area contributed by atoms with Crippen molar-refractivity contribution in [1.82, 2.24) is 0 Å². The van der Waals surface area contributed by atoms with Gasteiger partial charge in [0.2, 0.25) is 5.30 Å². The van der Waals surface area contributed by atoms with E-state index in [4.69, 9.17) is 0 Å². The van der Waals surface area contributed by atoms with Crippen LogP contribution in [0.15, 0.2) is 36.4 Å². The number of rotatable bonds is 1. The van der Waals surface area contributed by atoms with Crippen LogP contribution in [-0.2, 0) is 4.57 Å². The zero-order valence-corrected chi connectivity index (χ0v) is 8.66. The highest BCUT2D eigenvalue weighted by molar-refractivity contribution is 7.48. The standard InChI is InChI=1S/C11H9O2P/c1-8-6-7-9-4-2-3-5-10(9)11(8)14(12)13/h2-7H,1H3/p+1. The molecule has 2 rings (SSSR count). The van der Waals surface area contributed by atoms with Gasteiger partial charge in [0, 0.05) is 10.9 Å². The summed E-state index contributed by atoms with van der Waals surface area (Å²) in [5.41, 5.74) is 0.868. The zero-order chi connectivity index (χ0) is 10.1. The van der Waals surface area contributed by atoms with E-state index in [1.807, 2.05) is 43.3 Å². The van der Waals surface area contributed by atoms with E-state index in [-0.39, 0.29) is 0 Å². The molecule has 1 N–H and O–H groups in total. The molecule has 2 aromatic carbocycles. The number of hydrogen-bond donors (Lipinski definition) is 1. The normalized spacial score (nSPS) is 11.7. The van der Waals surface area contributed by atoms with Crippen LogP contribution in [0.5, 0.6) is 0 Å². The molecule has 0 aliphatic carbocycles. The molecule has 0 heterocycles. The second-order valence-corrected chi connectivity index (χ2v) is 4.22. The van der Waals surface area contributed by atoms with Crippen molar-refractivity contribution in [1.29, 1.82) is 0 Å². The third-order valence-electron chi connectivity index (χ3n) is 2.29. The minimum absolute atomic E-state index is 0.554. The molecule has 0 bridgehead atoms. The minimum Gasteiger partial charge on any atom is -0.156 e. The van der Waals surface area contributed by atoms with Gasteiger partial charge in [0.15, 0.2) is 0 Å². The van der Waals surface area contributed by atoms with Gasteiger partial charge in [-0.05, 0) is 22.9 Å². The van der Waals surface area contributed by atoms with Crippen molar-refractivity contribution < 1.29 is 9.46 Å². The quantitative estimate of drug-likeness (QED) is 0.726. The molecule has 3 heteroatoms. The molecule has 0 fully saturated rings. The van der Waals surface area contributed by atoms with Crippen molar-refractivity contribution in [3.05, 3.63) is 42.0 Å². The maximum Gasteiger partial charge on any atom is 0.547 e. The Morgan fingerprint density at radius 1 is 1.14 bits per heavy atom. The molecule has 14 heavy (non-hydrogen) atoms. The Kier molecular flexibility index (Phi) is 2.32. The summed E-state index contributed by atoms with van der Waals surface area (Å²) in [7, 11) is -2.27. The topological polar surface area (TPSA) is 37.3 Å². The average Bonchev–Trinajstić information content (AvgIpc) is 2.17. The van der Waals surface area contributed by atoms with Gasteiger partial charge >= 0.3 is 8.03 Å². The van der Waals surface area contributed by atoms with E-state index < -0.39 is 8.03 Å². The van der Waals surface area contributed by atoms with E-state index in [0.29, 0.717) is 5.30 Å². The van der Waals surface area contributed by atoms with Gasteiger partial charge in [-0.3, -0.25) is 0 Å². The fraction of sp³-hybridized carbons (Fsp3) is 0.0909. The van der Waals surface area contributed by atoms with Gasteiger partial charge in [-0.15, -0.1) is 0 Å². The monoisotopic (exact) mass is 205 g/mol. The second kappa shape index (κ2) is 3.49. The van der Waals surface area contributed by atoms with Crippen molar-refractivity contribution in [2.75, 3.05) is 0 Å². The molecule has 2 aromatic rings. The summed E-state index contributed by atoms with van der Waals surface area (Å²) in [6.07, 6.45) is 0. The first-order chi connectivity index (χ1) is 6.70. The first-order valence-electron chi connectivity index (χ1n) is 4.34. The molecule has 0 aromatic heterocycles. The number of benzene rings is 2. The summed E-state index contributed by atoms with van der Waals surface area (Å²) < 4.78 is 11.2. The summed E-state index contributed by atoms with van der Waals surface area (Å²) in [4.78, 5) is 9.21. The molecule has 0 radical (unpaired) electrons. The van der Waals surface area contributed by atoms with Crippen LogP contribution in [0.3, 0.4) is 0 Å². The molecule has 70 valence electrons. The van der Waals surface area contributed by atoms with Crippen LogP contribution in [0.1, 0.15) is 5.56 Å². The molecule has 0 amide bonds. The van der Waals surface area contributed by atoms with Crippen molar-refractivity contribution in [2.24, 2.45) is 0 Å². The molecule has 0 aliphatic rings. The Hall–Kier alpha value is -1.24. The van der Waals surface area contributed by atoms with Crippen LogP contribution in [0.4, 0.5) is 0 Å². The molecule has 0 aliphatic heterocycles. The highest BCUT2D eigenvalue weighted by Crippen LogP contribution is 2.23. The van der Waals surface area contributed by atoms with Gasteiger partial charge in [-0.25, -0.2) is 0 Å².